The summed E-state index contributed by atoms with van der Waals surface area (Å²) < 4.78 is 4.75. The lowest BCUT2D eigenvalue weighted by atomic mass is 10.2. The number of amides is 1. The van der Waals surface area contributed by atoms with Crippen molar-refractivity contribution in [2.24, 2.45) is 0 Å². The number of aliphatic hydroxyl groups excluding tert-OH is 1. The van der Waals surface area contributed by atoms with Crippen LogP contribution in [0.2, 0.25) is 0 Å². The van der Waals surface area contributed by atoms with Crippen LogP contribution in [0.1, 0.15) is 18.9 Å². The van der Waals surface area contributed by atoms with Gasteiger partial charge in [-0.2, -0.15) is 0 Å². The Labute approximate surface area is 124 Å². The first-order valence-electron chi connectivity index (χ1n) is 6.87. The summed E-state index contributed by atoms with van der Waals surface area (Å²) in [5.41, 5.74) is 1.06. The summed E-state index contributed by atoms with van der Waals surface area (Å²) in [7, 11) is 0. The molecule has 1 aromatic rings. The van der Waals surface area contributed by atoms with Crippen LogP contribution in [-0.4, -0.2) is 48.2 Å². The highest BCUT2D eigenvalue weighted by Crippen LogP contribution is 2.02. The number of rotatable bonds is 8. The molecule has 0 atom stereocenters. The van der Waals surface area contributed by atoms with E-state index in [0.29, 0.717) is 13.1 Å². The number of esters is 1. The van der Waals surface area contributed by atoms with E-state index in [2.05, 4.69) is 0 Å². The minimum absolute atomic E-state index is 0.00713. The topological polar surface area (TPSA) is 66.8 Å². The maximum atomic E-state index is 11.5. The lowest BCUT2D eigenvalue weighted by Crippen LogP contribution is -2.31. The molecule has 0 saturated carbocycles. The lowest BCUT2D eigenvalue weighted by molar-refractivity contribution is -0.145. The van der Waals surface area contributed by atoms with Crippen LogP contribution in [0.4, 0.5) is 0 Å². The normalized spacial score (nSPS) is 10.6. The van der Waals surface area contributed by atoms with Gasteiger partial charge in [0.15, 0.2) is 0 Å². The number of nitrogens with zero attached hydrogens (tertiary/aromatic N) is 1. The Morgan fingerprint density at radius 2 is 2.00 bits per heavy atom. The van der Waals surface area contributed by atoms with Crippen LogP contribution in [-0.2, 0) is 14.3 Å². The molecule has 0 aliphatic carbocycles. The first-order chi connectivity index (χ1) is 10.1. The van der Waals surface area contributed by atoms with Crippen molar-refractivity contribution >= 4 is 18.0 Å². The standard InChI is InChI=1S/C16H21NO4/c1-14(19)17(11-9-16(20)21-13-12-18)10-5-8-15-6-3-2-4-7-15/h2-8,18H,9-13H2,1H3/b8-5+. The van der Waals surface area contributed by atoms with Gasteiger partial charge in [-0.3, -0.25) is 9.59 Å². The molecule has 1 amide bonds. The molecule has 0 aliphatic heterocycles. The van der Waals surface area contributed by atoms with Crippen LogP contribution in [0.25, 0.3) is 6.08 Å². The van der Waals surface area contributed by atoms with Crippen molar-refractivity contribution in [3.63, 3.8) is 0 Å². The number of carbonyl (C=O) groups is 2. The Morgan fingerprint density at radius 3 is 2.62 bits per heavy atom. The Bertz CT molecular complexity index is 470. The van der Waals surface area contributed by atoms with Gasteiger partial charge in [0, 0.05) is 20.0 Å². The Hall–Kier alpha value is -2.14. The molecule has 0 fully saturated rings. The van der Waals surface area contributed by atoms with E-state index < -0.39 is 5.97 Å². The largest absolute Gasteiger partial charge is 0.463 e. The van der Waals surface area contributed by atoms with E-state index in [1.807, 2.05) is 42.5 Å². The monoisotopic (exact) mass is 291 g/mol. The lowest BCUT2D eigenvalue weighted by Gasteiger charge is -2.18. The number of carbonyl (C=O) groups excluding carboxylic acids is 2. The van der Waals surface area contributed by atoms with Crippen molar-refractivity contribution in [3.8, 4) is 0 Å². The van der Waals surface area contributed by atoms with Gasteiger partial charge in [0.05, 0.1) is 13.0 Å². The van der Waals surface area contributed by atoms with Crippen molar-refractivity contribution in [2.75, 3.05) is 26.3 Å². The van der Waals surface area contributed by atoms with Crippen molar-refractivity contribution in [1.82, 2.24) is 4.90 Å². The van der Waals surface area contributed by atoms with Gasteiger partial charge >= 0.3 is 5.97 Å². The molecule has 0 unspecified atom stereocenters. The van der Waals surface area contributed by atoms with Crippen molar-refractivity contribution < 1.29 is 19.4 Å². The fraction of sp³-hybridized carbons (Fsp3) is 0.375. The first-order valence-corrected chi connectivity index (χ1v) is 6.87. The van der Waals surface area contributed by atoms with E-state index in [9.17, 15) is 9.59 Å². The third kappa shape index (κ3) is 7.27. The maximum absolute atomic E-state index is 11.5. The second-order valence-corrected chi connectivity index (χ2v) is 4.47. The molecule has 0 heterocycles. The second kappa shape index (κ2) is 9.72. The predicted octanol–water partition coefficient (Wildman–Crippen LogP) is 1.47. The number of ether oxygens (including phenoxy) is 1. The van der Waals surface area contributed by atoms with Gasteiger partial charge in [0.25, 0.3) is 0 Å². The molecular formula is C16H21NO4. The van der Waals surface area contributed by atoms with E-state index in [1.165, 1.54) is 6.92 Å². The van der Waals surface area contributed by atoms with Crippen LogP contribution in [0.3, 0.4) is 0 Å². The zero-order valence-corrected chi connectivity index (χ0v) is 12.2. The molecular weight excluding hydrogens is 270 g/mol. The first kappa shape index (κ1) is 16.9. The third-order valence-electron chi connectivity index (χ3n) is 2.82. The number of benzene rings is 1. The molecule has 1 aromatic carbocycles. The Kier molecular flexibility index (Phi) is 7.82. The van der Waals surface area contributed by atoms with E-state index in [4.69, 9.17) is 9.84 Å². The molecule has 21 heavy (non-hydrogen) atoms. The van der Waals surface area contributed by atoms with Crippen LogP contribution < -0.4 is 0 Å². The minimum atomic E-state index is -0.415. The zero-order valence-electron chi connectivity index (χ0n) is 12.2. The third-order valence-corrected chi connectivity index (χ3v) is 2.82. The summed E-state index contributed by atoms with van der Waals surface area (Å²) in [6.07, 6.45) is 3.94. The Balaban J connectivity index is 2.41. The summed E-state index contributed by atoms with van der Waals surface area (Å²) in [4.78, 5) is 24.4. The van der Waals surface area contributed by atoms with E-state index in [-0.39, 0.29) is 25.5 Å². The number of aliphatic hydroxyl groups is 1. The van der Waals surface area contributed by atoms with Crippen molar-refractivity contribution in [2.45, 2.75) is 13.3 Å². The predicted molar refractivity (Wildman–Crippen MR) is 80.4 cm³/mol. The van der Waals surface area contributed by atoms with Crippen molar-refractivity contribution in [1.29, 1.82) is 0 Å². The van der Waals surface area contributed by atoms with Gasteiger partial charge in [-0.1, -0.05) is 42.5 Å². The maximum Gasteiger partial charge on any atom is 0.307 e. The molecule has 0 radical (unpaired) electrons. The van der Waals surface area contributed by atoms with Crippen molar-refractivity contribution in [3.05, 3.63) is 42.0 Å². The summed E-state index contributed by atoms with van der Waals surface area (Å²) in [6.45, 7) is 2.01. The molecule has 5 heteroatoms. The zero-order chi connectivity index (χ0) is 15.5. The van der Waals surface area contributed by atoms with Gasteiger partial charge < -0.3 is 14.7 Å². The molecule has 114 valence electrons. The average molecular weight is 291 g/mol. The molecule has 0 aliphatic rings. The highest BCUT2D eigenvalue weighted by Gasteiger charge is 2.10. The molecule has 1 rings (SSSR count). The SMILES string of the molecule is CC(=O)N(C/C=C/c1ccccc1)CCC(=O)OCCO. The highest BCUT2D eigenvalue weighted by atomic mass is 16.5. The van der Waals surface area contributed by atoms with Gasteiger partial charge in [-0.15, -0.1) is 0 Å². The van der Waals surface area contributed by atoms with Crippen LogP contribution in [0.15, 0.2) is 36.4 Å². The highest BCUT2D eigenvalue weighted by molar-refractivity contribution is 5.75. The quantitative estimate of drug-likeness (QED) is 0.737. The summed E-state index contributed by atoms with van der Waals surface area (Å²) in [6, 6.07) is 9.78. The average Bonchev–Trinajstić information content (AvgIpc) is 2.49. The van der Waals surface area contributed by atoms with Crippen LogP contribution >= 0.6 is 0 Å². The Morgan fingerprint density at radius 1 is 1.29 bits per heavy atom. The van der Waals surface area contributed by atoms with E-state index in [0.717, 1.165) is 5.56 Å². The molecule has 0 aromatic heterocycles. The minimum Gasteiger partial charge on any atom is -0.463 e. The number of hydrogen-bond donors (Lipinski definition) is 1. The molecule has 0 spiro atoms. The fourth-order valence-corrected chi connectivity index (χ4v) is 1.72. The second-order valence-electron chi connectivity index (χ2n) is 4.47. The van der Waals surface area contributed by atoms with Gasteiger partial charge in [-0.25, -0.2) is 0 Å². The fourth-order valence-electron chi connectivity index (χ4n) is 1.72. The molecule has 0 bridgehead atoms. The summed E-state index contributed by atoms with van der Waals surface area (Å²) in [5, 5.41) is 8.55. The van der Waals surface area contributed by atoms with Gasteiger partial charge in [0.2, 0.25) is 5.91 Å². The van der Waals surface area contributed by atoms with E-state index >= 15 is 0 Å². The molecule has 0 saturated heterocycles. The van der Waals surface area contributed by atoms with Crippen LogP contribution in [0, 0.1) is 0 Å². The van der Waals surface area contributed by atoms with Gasteiger partial charge in [-0.05, 0) is 5.56 Å². The van der Waals surface area contributed by atoms with Gasteiger partial charge in [0.1, 0.15) is 6.61 Å². The smallest absolute Gasteiger partial charge is 0.307 e. The summed E-state index contributed by atoms with van der Waals surface area (Å²) >= 11 is 0. The molecule has 1 N–H and O–H groups in total. The summed E-state index contributed by atoms with van der Waals surface area (Å²) in [5.74, 6) is -0.509. The molecule has 5 nitrogen and oxygen atoms in total. The number of hydrogen-bond acceptors (Lipinski definition) is 4. The van der Waals surface area contributed by atoms with Crippen LogP contribution in [0.5, 0.6) is 0 Å². The van der Waals surface area contributed by atoms with E-state index in [1.54, 1.807) is 4.90 Å².